The number of benzene rings is 1. The Morgan fingerprint density at radius 2 is 1.92 bits per heavy atom. The second-order valence-electron chi connectivity index (χ2n) is 5.93. The van der Waals surface area contributed by atoms with Gasteiger partial charge in [0.1, 0.15) is 0 Å². The second kappa shape index (κ2) is 8.20. The molecule has 0 radical (unpaired) electrons. The zero-order valence-corrected chi connectivity index (χ0v) is 14.8. The Morgan fingerprint density at radius 3 is 2.58 bits per heavy atom. The van der Waals surface area contributed by atoms with Crippen molar-refractivity contribution in [2.75, 3.05) is 32.8 Å². The second-order valence-corrected chi connectivity index (χ2v) is 6.91. The Bertz CT molecular complexity index is 728. The number of ether oxygens (including phenoxy) is 1. The molecule has 2 aromatic rings. The fourth-order valence-electron chi connectivity index (χ4n) is 2.99. The molecule has 1 aromatic heterocycles. The van der Waals surface area contributed by atoms with Crippen molar-refractivity contribution in [3.8, 4) is 0 Å². The van der Waals surface area contributed by atoms with Gasteiger partial charge in [-0.1, -0.05) is 18.2 Å². The molecule has 1 amide bonds. The van der Waals surface area contributed by atoms with E-state index in [2.05, 4.69) is 10.2 Å². The van der Waals surface area contributed by atoms with Crippen LogP contribution in [0.2, 0.25) is 0 Å². The van der Waals surface area contributed by atoms with Crippen LogP contribution in [-0.2, 0) is 10.9 Å². The van der Waals surface area contributed by atoms with E-state index >= 15 is 0 Å². The molecule has 0 aliphatic carbocycles. The van der Waals surface area contributed by atoms with Crippen LogP contribution in [0.25, 0.3) is 0 Å². The van der Waals surface area contributed by atoms with Crippen molar-refractivity contribution in [2.45, 2.75) is 12.2 Å². The van der Waals surface area contributed by atoms with Crippen molar-refractivity contribution in [1.82, 2.24) is 10.2 Å². The lowest BCUT2D eigenvalue weighted by Gasteiger charge is -2.34. The molecular formula is C18H19F3N2O2S. The van der Waals surface area contributed by atoms with Gasteiger partial charge >= 0.3 is 6.18 Å². The molecule has 0 saturated carbocycles. The maximum absolute atomic E-state index is 13.1. The third kappa shape index (κ3) is 4.44. The molecule has 2 heterocycles. The van der Waals surface area contributed by atoms with Gasteiger partial charge in [-0.05, 0) is 23.6 Å². The number of amides is 1. The van der Waals surface area contributed by atoms with E-state index in [1.807, 2.05) is 17.5 Å². The fourth-order valence-corrected chi connectivity index (χ4v) is 3.85. The van der Waals surface area contributed by atoms with Crippen molar-refractivity contribution in [3.63, 3.8) is 0 Å². The Balaban J connectivity index is 1.74. The number of nitrogens with one attached hydrogen (secondary N) is 1. The highest BCUT2D eigenvalue weighted by atomic mass is 32.1. The summed E-state index contributed by atoms with van der Waals surface area (Å²) in [7, 11) is 0. The van der Waals surface area contributed by atoms with Crippen LogP contribution in [0.1, 0.15) is 26.8 Å². The molecular weight excluding hydrogens is 365 g/mol. The lowest BCUT2D eigenvalue weighted by atomic mass is 10.1. The van der Waals surface area contributed by atoms with Crippen molar-refractivity contribution >= 4 is 17.2 Å². The quantitative estimate of drug-likeness (QED) is 0.857. The maximum atomic E-state index is 13.1. The Morgan fingerprint density at radius 1 is 1.19 bits per heavy atom. The standard InChI is InChI=1S/C18H19F3N2O2S/c19-18(20,21)14-5-2-1-4-13(14)17(24)22-12-15(16-6-3-11-26-16)23-7-9-25-10-8-23/h1-6,11,15H,7-10,12H2,(H,22,24). The predicted molar refractivity (Wildman–Crippen MR) is 93.2 cm³/mol. The van der Waals surface area contributed by atoms with Gasteiger partial charge in [0.15, 0.2) is 0 Å². The van der Waals surface area contributed by atoms with Crippen molar-refractivity contribution in [3.05, 3.63) is 57.8 Å². The van der Waals surface area contributed by atoms with Crippen LogP contribution in [0, 0.1) is 0 Å². The number of carbonyl (C=O) groups excluding carboxylic acids is 1. The number of nitrogens with zero attached hydrogens (tertiary/aromatic N) is 1. The molecule has 140 valence electrons. The maximum Gasteiger partial charge on any atom is 0.417 e. The minimum absolute atomic E-state index is 0.0825. The highest BCUT2D eigenvalue weighted by Crippen LogP contribution is 2.32. The van der Waals surface area contributed by atoms with Gasteiger partial charge in [-0.2, -0.15) is 13.2 Å². The largest absolute Gasteiger partial charge is 0.417 e. The van der Waals surface area contributed by atoms with Gasteiger partial charge in [-0.15, -0.1) is 11.3 Å². The minimum atomic E-state index is -4.56. The third-order valence-electron chi connectivity index (χ3n) is 4.29. The summed E-state index contributed by atoms with van der Waals surface area (Å²) < 4.78 is 44.7. The van der Waals surface area contributed by atoms with Crippen LogP contribution in [0.5, 0.6) is 0 Å². The average Bonchev–Trinajstić information content (AvgIpc) is 3.16. The van der Waals surface area contributed by atoms with Gasteiger partial charge in [-0.3, -0.25) is 9.69 Å². The molecule has 26 heavy (non-hydrogen) atoms. The predicted octanol–water partition coefficient (Wildman–Crippen LogP) is 3.57. The average molecular weight is 384 g/mol. The van der Waals surface area contributed by atoms with E-state index in [1.165, 1.54) is 18.2 Å². The molecule has 1 atom stereocenters. The zero-order valence-electron chi connectivity index (χ0n) is 14.0. The SMILES string of the molecule is O=C(NCC(c1cccs1)N1CCOCC1)c1ccccc1C(F)(F)F. The number of carbonyl (C=O) groups is 1. The highest BCUT2D eigenvalue weighted by molar-refractivity contribution is 7.10. The topological polar surface area (TPSA) is 41.6 Å². The van der Waals surface area contributed by atoms with Crippen LogP contribution in [0.15, 0.2) is 41.8 Å². The smallest absolute Gasteiger partial charge is 0.379 e. The first kappa shape index (κ1) is 18.9. The van der Waals surface area contributed by atoms with Crippen molar-refractivity contribution < 1.29 is 22.7 Å². The van der Waals surface area contributed by atoms with Gasteiger partial charge in [0.25, 0.3) is 5.91 Å². The molecule has 1 fully saturated rings. The van der Waals surface area contributed by atoms with Gasteiger partial charge in [0.05, 0.1) is 30.4 Å². The molecule has 1 saturated heterocycles. The van der Waals surface area contributed by atoms with Crippen LogP contribution in [0.3, 0.4) is 0 Å². The van der Waals surface area contributed by atoms with E-state index in [0.29, 0.717) is 13.2 Å². The molecule has 4 nitrogen and oxygen atoms in total. The monoisotopic (exact) mass is 384 g/mol. The number of hydrogen-bond donors (Lipinski definition) is 1. The van der Waals surface area contributed by atoms with E-state index < -0.39 is 17.6 Å². The summed E-state index contributed by atoms with van der Waals surface area (Å²) in [5.74, 6) is -0.715. The summed E-state index contributed by atoms with van der Waals surface area (Å²) in [5, 5.41) is 4.63. The zero-order chi connectivity index (χ0) is 18.6. The van der Waals surface area contributed by atoms with Crippen LogP contribution >= 0.6 is 11.3 Å². The summed E-state index contributed by atoms with van der Waals surface area (Å²) in [6, 6.07) is 8.65. The number of rotatable bonds is 5. The molecule has 1 unspecified atom stereocenters. The molecule has 8 heteroatoms. The van der Waals surface area contributed by atoms with E-state index in [4.69, 9.17) is 4.74 Å². The first-order valence-corrected chi connectivity index (χ1v) is 9.14. The summed E-state index contributed by atoms with van der Waals surface area (Å²) >= 11 is 1.57. The van der Waals surface area contributed by atoms with Gasteiger partial charge < -0.3 is 10.1 Å². The summed E-state index contributed by atoms with van der Waals surface area (Å²) in [6.45, 7) is 2.89. The number of alkyl halides is 3. The summed E-state index contributed by atoms with van der Waals surface area (Å²) in [4.78, 5) is 15.7. The first-order valence-electron chi connectivity index (χ1n) is 8.26. The highest BCUT2D eigenvalue weighted by Gasteiger charge is 2.35. The van der Waals surface area contributed by atoms with Crippen molar-refractivity contribution in [1.29, 1.82) is 0 Å². The van der Waals surface area contributed by atoms with E-state index in [1.54, 1.807) is 11.3 Å². The Kier molecular flexibility index (Phi) is 5.95. The molecule has 1 aromatic carbocycles. The van der Waals surface area contributed by atoms with E-state index in [-0.39, 0.29) is 18.2 Å². The molecule has 0 bridgehead atoms. The molecule has 1 aliphatic heterocycles. The van der Waals surface area contributed by atoms with E-state index in [0.717, 1.165) is 24.0 Å². The van der Waals surface area contributed by atoms with E-state index in [9.17, 15) is 18.0 Å². The summed E-state index contributed by atoms with van der Waals surface area (Å²) in [5.41, 5.74) is -1.27. The number of hydrogen-bond acceptors (Lipinski definition) is 4. The van der Waals surface area contributed by atoms with Crippen LogP contribution in [-0.4, -0.2) is 43.7 Å². The minimum Gasteiger partial charge on any atom is -0.379 e. The Labute approximate surface area is 153 Å². The normalized spacial score (nSPS) is 17.0. The fraction of sp³-hybridized carbons (Fsp3) is 0.389. The molecule has 0 spiro atoms. The number of thiophene rings is 1. The molecule has 1 N–H and O–H groups in total. The van der Waals surface area contributed by atoms with Gasteiger partial charge in [0, 0.05) is 24.5 Å². The van der Waals surface area contributed by atoms with Crippen LogP contribution in [0.4, 0.5) is 13.2 Å². The lowest BCUT2D eigenvalue weighted by molar-refractivity contribution is -0.137. The number of halogens is 3. The summed E-state index contributed by atoms with van der Waals surface area (Å²) in [6.07, 6.45) is -4.56. The molecule has 3 rings (SSSR count). The third-order valence-corrected chi connectivity index (χ3v) is 5.26. The van der Waals surface area contributed by atoms with Gasteiger partial charge in [-0.25, -0.2) is 0 Å². The molecule has 1 aliphatic rings. The van der Waals surface area contributed by atoms with Crippen molar-refractivity contribution in [2.24, 2.45) is 0 Å². The lowest BCUT2D eigenvalue weighted by Crippen LogP contribution is -2.43. The first-order chi connectivity index (χ1) is 12.5. The Hall–Kier alpha value is -1.90. The van der Waals surface area contributed by atoms with Gasteiger partial charge in [0.2, 0.25) is 0 Å². The van der Waals surface area contributed by atoms with Crippen LogP contribution < -0.4 is 5.32 Å². The number of morpholine rings is 1.